The summed E-state index contributed by atoms with van der Waals surface area (Å²) in [6.45, 7) is 3.79. The van der Waals surface area contributed by atoms with Gasteiger partial charge in [0.1, 0.15) is 15.6 Å². The second-order valence-corrected chi connectivity index (χ2v) is 9.01. The lowest BCUT2D eigenvalue weighted by atomic mass is 9.81. The Morgan fingerprint density at radius 2 is 2.24 bits per heavy atom. The van der Waals surface area contributed by atoms with Crippen LogP contribution in [0.4, 0.5) is 17.5 Å². The van der Waals surface area contributed by atoms with Crippen molar-refractivity contribution in [1.82, 2.24) is 15.0 Å². The SMILES string of the molecule is C[C@@](O)(c1ccc2c(c1)N(c1nc(N)ncc1Cl)C[C@@]21CCOC1)c1nccs1. The molecule has 2 atom stereocenters. The minimum absolute atomic E-state index is 0.135. The Bertz CT molecular complexity index is 1070. The van der Waals surface area contributed by atoms with Gasteiger partial charge in [-0.15, -0.1) is 11.3 Å². The number of rotatable bonds is 3. The van der Waals surface area contributed by atoms with Crippen molar-refractivity contribution in [1.29, 1.82) is 0 Å². The molecule has 0 amide bonds. The Labute approximate surface area is 177 Å². The fourth-order valence-electron chi connectivity index (χ4n) is 4.26. The second kappa shape index (κ2) is 6.63. The summed E-state index contributed by atoms with van der Waals surface area (Å²) in [5.41, 5.74) is 7.38. The lowest BCUT2D eigenvalue weighted by molar-refractivity contribution is 0.102. The lowest BCUT2D eigenvalue weighted by Gasteiger charge is -2.24. The first-order valence-corrected chi connectivity index (χ1v) is 10.6. The average Bonchev–Trinajstić information content (AvgIpc) is 3.46. The number of benzene rings is 1. The monoisotopic (exact) mass is 429 g/mol. The highest BCUT2D eigenvalue weighted by atomic mass is 35.5. The van der Waals surface area contributed by atoms with Crippen molar-refractivity contribution >= 4 is 40.4 Å². The molecule has 2 aliphatic heterocycles. The maximum atomic E-state index is 11.2. The van der Waals surface area contributed by atoms with Gasteiger partial charge in [0.2, 0.25) is 5.95 Å². The number of hydrogen-bond acceptors (Lipinski definition) is 8. The number of aromatic nitrogens is 3. The number of nitrogens with zero attached hydrogens (tertiary/aromatic N) is 4. The van der Waals surface area contributed by atoms with Crippen LogP contribution >= 0.6 is 22.9 Å². The van der Waals surface area contributed by atoms with Crippen LogP contribution in [0.1, 0.15) is 29.5 Å². The predicted molar refractivity (Wildman–Crippen MR) is 113 cm³/mol. The minimum atomic E-state index is -1.20. The van der Waals surface area contributed by atoms with E-state index in [0.29, 0.717) is 35.6 Å². The van der Waals surface area contributed by atoms with E-state index in [-0.39, 0.29) is 11.4 Å². The van der Waals surface area contributed by atoms with Gasteiger partial charge in [-0.05, 0) is 30.5 Å². The zero-order chi connectivity index (χ0) is 20.2. The number of anilines is 3. The first-order valence-electron chi connectivity index (χ1n) is 9.31. The molecule has 3 aromatic rings. The summed E-state index contributed by atoms with van der Waals surface area (Å²) in [5, 5.41) is 14.2. The van der Waals surface area contributed by atoms with Crippen molar-refractivity contribution < 1.29 is 9.84 Å². The topological polar surface area (TPSA) is 97.4 Å². The molecule has 1 spiro atoms. The van der Waals surface area contributed by atoms with E-state index in [1.807, 2.05) is 17.5 Å². The van der Waals surface area contributed by atoms with E-state index in [9.17, 15) is 5.11 Å². The summed E-state index contributed by atoms with van der Waals surface area (Å²) in [4.78, 5) is 14.7. The maximum Gasteiger partial charge on any atom is 0.222 e. The molecule has 0 bridgehead atoms. The molecule has 0 unspecified atom stereocenters. The molecule has 3 N–H and O–H groups in total. The summed E-state index contributed by atoms with van der Waals surface area (Å²) in [5.74, 6) is 0.732. The van der Waals surface area contributed by atoms with Gasteiger partial charge in [-0.3, -0.25) is 0 Å². The highest BCUT2D eigenvalue weighted by Gasteiger charge is 2.47. The van der Waals surface area contributed by atoms with Crippen LogP contribution in [0.15, 0.2) is 36.0 Å². The van der Waals surface area contributed by atoms with Crippen LogP contribution in [0.2, 0.25) is 5.02 Å². The third-order valence-electron chi connectivity index (χ3n) is 5.83. The molecule has 4 heterocycles. The van der Waals surface area contributed by atoms with Crippen LogP contribution in [0.5, 0.6) is 0 Å². The Kier molecular flexibility index (Phi) is 4.29. The molecule has 0 aliphatic carbocycles. The van der Waals surface area contributed by atoms with Gasteiger partial charge in [0.15, 0.2) is 5.82 Å². The second-order valence-electron chi connectivity index (χ2n) is 7.71. The number of fused-ring (bicyclic) bond motifs is 2. The zero-order valence-corrected chi connectivity index (χ0v) is 17.4. The summed E-state index contributed by atoms with van der Waals surface area (Å²) in [6, 6.07) is 6.05. The van der Waals surface area contributed by atoms with Crippen LogP contribution in [-0.2, 0) is 15.8 Å². The van der Waals surface area contributed by atoms with Crippen molar-refractivity contribution in [3.8, 4) is 0 Å². The molecule has 5 rings (SSSR count). The number of ether oxygens (including phenoxy) is 1. The predicted octanol–water partition coefficient (Wildman–Crippen LogP) is 3.23. The van der Waals surface area contributed by atoms with Crippen molar-refractivity contribution in [3.63, 3.8) is 0 Å². The molecule has 2 aliphatic rings. The molecule has 1 saturated heterocycles. The summed E-state index contributed by atoms with van der Waals surface area (Å²) < 4.78 is 5.76. The Hall–Kier alpha value is -2.26. The van der Waals surface area contributed by atoms with Gasteiger partial charge >= 0.3 is 0 Å². The van der Waals surface area contributed by atoms with Crippen LogP contribution in [0, 0.1) is 0 Å². The largest absolute Gasteiger partial charge is 0.380 e. The fourth-order valence-corrected chi connectivity index (χ4v) is 5.17. The highest BCUT2D eigenvalue weighted by molar-refractivity contribution is 7.09. The molecule has 0 saturated carbocycles. The third-order valence-corrected chi connectivity index (χ3v) is 7.09. The smallest absolute Gasteiger partial charge is 0.222 e. The van der Waals surface area contributed by atoms with E-state index < -0.39 is 5.60 Å². The van der Waals surface area contributed by atoms with Crippen LogP contribution in [-0.4, -0.2) is 39.8 Å². The van der Waals surface area contributed by atoms with E-state index in [4.69, 9.17) is 22.1 Å². The fraction of sp³-hybridized carbons (Fsp3) is 0.350. The molecule has 0 radical (unpaired) electrons. The molecule has 29 heavy (non-hydrogen) atoms. The quantitative estimate of drug-likeness (QED) is 0.659. The standard InChI is InChI=1S/C20H20ClN5O2S/c1-19(27,17-23-5-7-29-17)12-2-3-13-15(8-12)26(10-20(13)4-6-28-11-20)16-14(21)9-24-18(22)25-16/h2-3,5,7-9,27H,4,6,10-11H2,1H3,(H2,22,24,25)/t19-,20-/m1/s1. The van der Waals surface area contributed by atoms with Crippen molar-refractivity contribution in [3.05, 3.63) is 57.1 Å². The van der Waals surface area contributed by atoms with E-state index in [1.165, 1.54) is 23.1 Å². The number of nitrogens with two attached hydrogens (primary N) is 1. The molecule has 2 aromatic heterocycles. The maximum absolute atomic E-state index is 11.2. The summed E-state index contributed by atoms with van der Waals surface area (Å²) >= 11 is 7.86. The van der Waals surface area contributed by atoms with Crippen molar-refractivity contribution in [2.45, 2.75) is 24.4 Å². The minimum Gasteiger partial charge on any atom is -0.380 e. The van der Waals surface area contributed by atoms with Crippen molar-refractivity contribution in [2.24, 2.45) is 0 Å². The van der Waals surface area contributed by atoms with E-state index in [1.54, 1.807) is 13.1 Å². The first-order chi connectivity index (χ1) is 13.9. The number of thiazole rings is 1. The molecule has 9 heteroatoms. The van der Waals surface area contributed by atoms with Crippen LogP contribution in [0.25, 0.3) is 0 Å². The highest BCUT2D eigenvalue weighted by Crippen LogP contribution is 2.50. The number of halogens is 1. The molecule has 150 valence electrons. The van der Waals surface area contributed by atoms with E-state index in [0.717, 1.165) is 17.7 Å². The molecular formula is C20H20ClN5O2S. The van der Waals surface area contributed by atoms with Gasteiger partial charge in [0, 0.05) is 35.8 Å². The van der Waals surface area contributed by atoms with E-state index >= 15 is 0 Å². The van der Waals surface area contributed by atoms with Crippen LogP contribution in [0.3, 0.4) is 0 Å². The first kappa shape index (κ1) is 18.7. The van der Waals surface area contributed by atoms with Gasteiger partial charge in [-0.2, -0.15) is 4.98 Å². The van der Waals surface area contributed by atoms with Crippen molar-refractivity contribution in [2.75, 3.05) is 30.4 Å². The molecule has 7 nitrogen and oxygen atoms in total. The molecule has 1 fully saturated rings. The summed E-state index contributed by atoms with van der Waals surface area (Å²) in [7, 11) is 0. The normalized spacial score (nSPS) is 22.8. The van der Waals surface area contributed by atoms with E-state index in [2.05, 4.69) is 25.9 Å². The number of hydrogen-bond donors (Lipinski definition) is 2. The molecule has 1 aromatic carbocycles. The Morgan fingerprint density at radius 3 is 2.97 bits per heavy atom. The molecular weight excluding hydrogens is 410 g/mol. The van der Waals surface area contributed by atoms with Gasteiger partial charge in [-0.25, -0.2) is 9.97 Å². The van der Waals surface area contributed by atoms with Gasteiger partial charge in [0.25, 0.3) is 0 Å². The number of nitrogen functional groups attached to an aromatic ring is 1. The van der Waals surface area contributed by atoms with Gasteiger partial charge < -0.3 is 20.5 Å². The van der Waals surface area contributed by atoms with Gasteiger partial charge in [0.05, 0.1) is 12.8 Å². The Morgan fingerprint density at radius 1 is 1.38 bits per heavy atom. The lowest BCUT2D eigenvalue weighted by Crippen LogP contribution is -2.32. The summed E-state index contributed by atoms with van der Waals surface area (Å²) in [6.07, 6.45) is 4.13. The Balaban J connectivity index is 1.67. The number of aliphatic hydroxyl groups is 1. The average molecular weight is 430 g/mol. The van der Waals surface area contributed by atoms with Crippen LogP contribution < -0.4 is 10.6 Å². The van der Waals surface area contributed by atoms with Gasteiger partial charge in [-0.1, -0.05) is 23.7 Å². The third kappa shape index (κ3) is 2.90. The zero-order valence-electron chi connectivity index (χ0n) is 15.8.